The van der Waals surface area contributed by atoms with Gasteiger partial charge in [0.25, 0.3) is 0 Å². The number of aromatic nitrogens is 2. The van der Waals surface area contributed by atoms with Crippen LogP contribution in [0, 0.1) is 5.92 Å². The number of hydrogen-bond acceptors (Lipinski definition) is 5. The molecule has 1 fully saturated rings. The Morgan fingerprint density at radius 3 is 2.45 bits per heavy atom. The maximum atomic E-state index is 10.9. The summed E-state index contributed by atoms with van der Waals surface area (Å²) in [4.78, 5) is 10.9. The van der Waals surface area contributed by atoms with Gasteiger partial charge in [-0.1, -0.05) is 20.8 Å². The molecule has 1 aromatic heterocycles. The lowest BCUT2D eigenvalue weighted by Crippen LogP contribution is -2.25. The Morgan fingerprint density at radius 2 is 1.95 bits per heavy atom. The number of carboxylic acid groups (broad SMARTS) is 1. The van der Waals surface area contributed by atoms with Crippen LogP contribution in [0.15, 0.2) is 4.42 Å². The largest absolute Gasteiger partial charge is 0.481 e. The molecule has 6 heteroatoms. The van der Waals surface area contributed by atoms with Gasteiger partial charge >= 0.3 is 5.97 Å². The Morgan fingerprint density at radius 1 is 1.30 bits per heavy atom. The molecular weight excluding hydrogens is 260 g/mol. The fourth-order valence-electron chi connectivity index (χ4n) is 2.28. The van der Waals surface area contributed by atoms with E-state index in [0.717, 1.165) is 12.8 Å². The number of ether oxygens (including phenoxy) is 1. The molecule has 0 aliphatic heterocycles. The molecule has 0 amide bonds. The standard InChI is InChI=1S/C14H22N2O4/c1-14(2,3)13-16-15-11(20-13)8-19-10-6-4-9(5-7-10)12(17)18/h9-10H,4-8H2,1-3H3,(H,17,18). The molecule has 1 aromatic rings. The first-order valence-corrected chi connectivity index (χ1v) is 7.03. The first-order valence-electron chi connectivity index (χ1n) is 7.03. The van der Waals surface area contributed by atoms with Gasteiger partial charge in [-0.15, -0.1) is 10.2 Å². The minimum Gasteiger partial charge on any atom is -0.481 e. The number of hydrogen-bond donors (Lipinski definition) is 1. The van der Waals surface area contributed by atoms with Crippen LogP contribution < -0.4 is 0 Å². The Hall–Kier alpha value is -1.43. The van der Waals surface area contributed by atoms with E-state index >= 15 is 0 Å². The molecule has 0 unspecified atom stereocenters. The first kappa shape index (κ1) is 15.0. The van der Waals surface area contributed by atoms with Gasteiger partial charge in [0.1, 0.15) is 6.61 Å². The van der Waals surface area contributed by atoms with Crippen LogP contribution in [0.1, 0.15) is 58.2 Å². The van der Waals surface area contributed by atoms with E-state index in [2.05, 4.69) is 10.2 Å². The number of carboxylic acids is 1. The summed E-state index contributed by atoms with van der Waals surface area (Å²) in [6, 6.07) is 0. The van der Waals surface area contributed by atoms with E-state index in [4.69, 9.17) is 14.3 Å². The summed E-state index contributed by atoms with van der Waals surface area (Å²) in [5.41, 5.74) is -0.162. The number of rotatable bonds is 4. The van der Waals surface area contributed by atoms with Crippen LogP contribution in [0.5, 0.6) is 0 Å². The van der Waals surface area contributed by atoms with E-state index in [0.29, 0.717) is 31.2 Å². The van der Waals surface area contributed by atoms with Gasteiger partial charge < -0.3 is 14.3 Å². The maximum Gasteiger partial charge on any atom is 0.306 e. The van der Waals surface area contributed by atoms with Crippen molar-refractivity contribution >= 4 is 5.97 Å². The van der Waals surface area contributed by atoms with Gasteiger partial charge in [-0.25, -0.2) is 0 Å². The van der Waals surface area contributed by atoms with Crippen molar-refractivity contribution in [1.29, 1.82) is 0 Å². The van der Waals surface area contributed by atoms with Gasteiger partial charge in [0.05, 0.1) is 12.0 Å². The SMILES string of the molecule is CC(C)(C)c1nnc(COC2CCC(C(=O)O)CC2)o1. The molecule has 6 nitrogen and oxygen atoms in total. The third-order valence-corrected chi connectivity index (χ3v) is 3.57. The van der Waals surface area contributed by atoms with Crippen molar-refractivity contribution in [2.75, 3.05) is 0 Å². The second-order valence-electron chi connectivity index (χ2n) is 6.37. The molecular formula is C14H22N2O4. The van der Waals surface area contributed by atoms with Crippen molar-refractivity contribution in [3.05, 3.63) is 11.8 Å². The summed E-state index contributed by atoms with van der Waals surface area (Å²) in [5, 5.41) is 16.9. The van der Waals surface area contributed by atoms with E-state index in [1.54, 1.807) is 0 Å². The van der Waals surface area contributed by atoms with E-state index in [1.165, 1.54) is 0 Å². The van der Waals surface area contributed by atoms with E-state index in [1.807, 2.05) is 20.8 Å². The van der Waals surface area contributed by atoms with Crippen molar-refractivity contribution in [2.24, 2.45) is 5.92 Å². The molecule has 0 atom stereocenters. The molecule has 0 radical (unpaired) electrons. The third-order valence-electron chi connectivity index (χ3n) is 3.57. The van der Waals surface area contributed by atoms with Crippen LogP contribution in [0.25, 0.3) is 0 Å². The maximum absolute atomic E-state index is 10.9. The summed E-state index contributed by atoms with van der Waals surface area (Å²) in [5.74, 6) is 0.168. The van der Waals surface area contributed by atoms with E-state index in [9.17, 15) is 4.79 Å². The van der Waals surface area contributed by atoms with Gasteiger partial charge in [-0.3, -0.25) is 4.79 Å². The fraction of sp³-hybridized carbons (Fsp3) is 0.786. The second-order valence-corrected chi connectivity index (χ2v) is 6.37. The minimum atomic E-state index is -0.699. The molecule has 20 heavy (non-hydrogen) atoms. The summed E-state index contributed by atoms with van der Waals surface area (Å²) in [6.45, 7) is 6.33. The van der Waals surface area contributed by atoms with Crippen LogP contribution in [0.3, 0.4) is 0 Å². The Balaban J connectivity index is 1.79. The Kier molecular flexibility index (Phi) is 4.42. The fourth-order valence-corrected chi connectivity index (χ4v) is 2.28. The predicted molar refractivity (Wildman–Crippen MR) is 71.2 cm³/mol. The van der Waals surface area contributed by atoms with Crippen LogP contribution in [0.4, 0.5) is 0 Å². The smallest absolute Gasteiger partial charge is 0.306 e. The first-order chi connectivity index (χ1) is 9.36. The Bertz CT molecular complexity index is 456. The molecule has 112 valence electrons. The summed E-state index contributed by atoms with van der Waals surface area (Å²) in [6.07, 6.45) is 3.00. The van der Waals surface area contributed by atoms with Gasteiger partial charge in [-0.05, 0) is 25.7 Å². The molecule has 2 rings (SSSR count). The molecule has 0 spiro atoms. The molecule has 1 aliphatic carbocycles. The van der Waals surface area contributed by atoms with Gasteiger partial charge in [0, 0.05) is 5.41 Å². The topological polar surface area (TPSA) is 85.5 Å². The lowest BCUT2D eigenvalue weighted by Gasteiger charge is -2.25. The Labute approximate surface area is 118 Å². The second kappa shape index (κ2) is 5.91. The number of aliphatic carboxylic acids is 1. The zero-order valence-electron chi connectivity index (χ0n) is 12.3. The summed E-state index contributed by atoms with van der Waals surface area (Å²) >= 11 is 0. The molecule has 0 aromatic carbocycles. The van der Waals surface area contributed by atoms with Crippen molar-refractivity contribution in [2.45, 2.75) is 64.6 Å². The van der Waals surface area contributed by atoms with Crippen LogP contribution >= 0.6 is 0 Å². The summed E-state index contributed by atoms with van der Waals surface area (Å²) in [7, 11) is 0. The molecule has 1 N–H and O–H groups in total. The zero-order valence-corrected chi connectivity index (χ0v) is 12.3. The average molecular weight is 282 g/mol. The van der Waals surface area contributed by atoms with Crippen LogP contribution in [-0.2, 0) is 21.6 Å². The highest BCUT2D eigenvalue weighted by molar-refractivity contribution is 5.70. The van der Waals surface area contributed by atoms with Crippen LogP contribution in [-0.4, -0.2) is 27.4 Å². The summed E-state index contributed by atoms with van der Waals surface area (Å²) < 4.78 is 11.3. The predicted octanol–water partition coefficient (Wildman–Crippen LogP) is 2.53. The average Bonchev–Trinajstić information content (AvgIpc) is 2.85. The lowest BCUT2D eigenvalue weighted by atomic mass is 9.87. The molecule has 0 saturated heterocycles. The lowest BCUT2D eigenvalue weighted by molar-refractivity contribution is -0.144. The van der Waals surface area contributed by atoms with Gasteiger partial charge in [0.15, 0.2) is 0 Å². The molecule has 1 heterocycles. The van der Waals surface area contributed by atoms with Crippen molar-refractivity contribution in [1.82, 2.24) is 10.2 Å². The van der Waals surface area contributed by atoms with Gasteiger partial charge in [0.2, 0.25) is 11.8 Å². The van der Waals surface area contributed by atoms with E-state index < -0.39 is 5.97 Å². The molecule has 1 aliphatic rings. The van der Waals surface area contributed by atoms with Crippen molar-refractivity contribution in [3.63, 3.8) is 0 Å². The molecule has 0 bridgehead atoms. The van der Waals surface area contributed by atoms with E-state index in [-0.39, 0.29) is 17.4 Å². The minimum absolute atomic E-state index is 0.0931. The normalized spacial score (nSPS) is 23.8. The molecule has 1 saturated carbocycles. The highest BCUT2D eigenvalue weighted by Gasteiger charge is 2.27. The monoisotopic (exact) mass is 282 g/mol. The number of carbonyl (C=O) groups is 1. The highest BCUT2D eigenvalue weighted by atomic mass is 16.5. The highest BCUT2D eigenvalue weighted by Crippen LogP contribution is 2.27. The van der Waals surface area contributed by atoms with Crippen molar-refractivity contribution < 1.29 is 19.1 Å². The third kappa shape index (κ3) is 3.79. The zero-order chi connectivity index (χ0) is 14.8. The van der Waals surface area contributed by atoms with Gasteiger partial charge in [-0.2, -0.15) is 0 Å². The quantitative estimate of drug-likeness (QED) is 0.913. The number of nitrogens with zero attached hydrogens (tertiary/aromatic N) is 2. The van der Waals surface area contributed by atoms with Crippen molar-refractivity contribution in [3.8, 4) is 0 Å². The van der Waals surface area contributed by atoms with Crippen LogP contribution in [0.2, 0.25) is 0 Å².